The standard InChI is InChI=1S/C16H18ClNO3S/c1-3-21-16-9-8-14(10-12(16)2)22(19,20)18-11-13-6-4-5-7-15(13)17/h4-10,18H,3,11H2,1-2H3. The van der Waals surface area contributed by atoms with Crippen LogP contribution in [0.2, 0.25) is 5.02 Å². The third-order valence-electron chi connectivity index (χ3n) is 3.17. The van der Waals surface area contributed by atoms with Gasteiger partial charge < -0.3 is 4.74 Å². The third-order valence-corrected chi connectivity index (χ3v) is 4.93. The average Bonchev–Trinajstić information content (AvgIpc) is 2.48. The topological polar surface area (TPSA) is 55.4 Å². The second kappa shape index (κ2) is 7.13. The predicted molar refractivity (Wildman–Crippen MR) is 87.8 cm³/mol. The molecule has 1 N–H and O–H groups in total. The number of benzene rings is 2. The summed E-state index contributed by atoms with van der Waals surface area (Å²) in [6.07, 6.45) is 0. The van der Waals surface area contributed by atoms with Gasteiger partial charge in [-0.3, -0.25) is 0 Å². The largest absolute Gasteiger partial charge is 0.494 e. The van der Waals surface area contributed by atoms with Gasteiger partial charge in [-0.25, -0.2) is 13.1 Å². The van der Waals surface area contributed by atoms with E-state index < -0.39 is 10.0 Å². The highest BCUT2D eigenvalue weighted by molar-refractivity contribution is 7.89. The van der Waals surface area contributed by atoms with Gasteiger partial charge in [0.2, 0.25) is 10.0 Å². The smallest absolute Gasteiger partial charge is 0.240 e. The zero-order chi connectivity index (χ0) is 16.2. The maximum atomic E-state index is 12.3. The van der Waals surface area contributed by atoms with E-state index in [4.69, 9.17) is 16.3 Å². The Kier molecular flexibility index (Phi) is 5.45. The number of ether oxygens (including phenoxy) is 1. The van der Waals surface area contributed by atoms with E-state index in [0.29, 0.717) is 17.4 Å². The van der Waals surface area contributed by atoms with Crippen molar-refractivity contribution in [2.24, 2.45) is 0 Å². The molecule has 118 valence electrons. The molecular weight excluding hydrogens is 322 g/mol. The molecule has 0 aromatic heterocycles. The van der Waals surface area contributed by atoms with Crippen LogP contribution in [0.1, 0.15) is 18.1 Å². The Bertz CT molecular complexity index is 760. The molecule has 0 aliphatic rings. The van der Waals surface area contributed by atoms with Gasteiger partial charge >= 0.3 is 0 Å². The van der Waals surface area contributed by atoms with E-state index in [-0.39, 0.29) is 11.4 Å². The van der Waals surface area contributed by atoms with Gasteiger partial charge in [-0.15, -0.1) is 0 Å². The molecule has 2 aromatic rings. The number of hydrogen-bond acceptors (Lipinski definition) is 3. The van der Waals surface area contributed by atoms with Gasteiger partial charge in [0.25, 0.3) is 0 Å². The van der Waals surface area contributed by atoms with E-state index in [9.17, 15) is 8.42 Å². The molecule has 0 atom stereocenters. The lowest BCUT2D eigenvalue weighted by atomic mass is 10.2. The van der Waals surface area contributed by atoms with Gasteiger partial charge in [-0.1, -0.05) is 29.8 Å². The molecule has 0 bridgehead atoms. The number of halogens is 1. The summed E-state index contributed by atoms with van der Waals surface area (Å²) in [6.45, 7) is 4.39. The van der Waals surface area contributed by atoms with Crippen LogP contribution < -0.4 is 9.46 Å². The van der Waals surface area contributed by atoms with Crippen LogP contribution in [0.3, 0.4) is 0 Å². The second-order valence-electron chi connectivity index (χ2n) is 4.78. The molecule has 0 saturated heterocycles. The van der Waals surface area contributed by atoms with Crippen LogP contribution in [-0.4, -0.2) is 15.0 Å². The van der Waals surface area contributed by atoms with Crippen molar-refractivity contribution in [1.82, 2.24) is 4.72 Å². The summed E-state index contributed by atoms with van der Waals surface area (Å²) in [6, 6.07) is 11.9. The van der Waals surface area contributed by atoms with Crippen LogP contribution in [0, 0.1) is 6.92 Å². The molecule has 0 saturated carbocycles. The van der Waals surface area contributed by atoms with Crippen LogP contribution in [-0.2, 0) is 16.6 Å². The summed E-state index contributed by atoms with van der Waals surface area (Å²) < 4.78 is 32.7. The molecule has 0 aliphatic heterocycles. The zero-order valence-electron chi connectivity index (χ0n) is 12.5. The maximum absolute atomic E-state index is 12.3. The lowest BCUT2D eigenvalue weighted by Gasteiger charge is -2.11. The fourth-order valence-electron chi connectivity index (χ4n) is 2.00. The van der Waals surface area contributed by atoms with Crippen molar-refractivity contribution < 1.29 is 13.2 Å². The third kappa shape index (κ3) is 4.00. The van der Waals surface area contributed by atoms with Gasteiger partial charge in [-0.2, -0.15) is 0 Å². The summed E-state index contributed by atoms with van der Waals surface area (Å²) >= 11 is 6.03. The van der Waals surface area contributed by atoms with Crippen molar-refractivity contribution in [2.75, 3.05) is 6.61 Å². The zero-order valence-corrected chi connectivity index (χ0v) is 14.0. The Morgan fingerprint density at radius 1 is 1.18 bits per heavy atom. The molecular formula is C16H18ClNO3S. The first-order valence-corrected chi connectivity index (χ1v) is 8.76. The molecule has 2 rings (SSSR count). The lowest BCUT2D eigenvalue weighted by Crippen LogP contribution is -2.23. The number of hydrogen-bond donors (Lipinski definition) is 1. The van der Waals surface area contributed by atoms with Crippen LogP contribution in [0.15, 0.2) is 47.4 Å². The van der Waals surface area contributed by atoms with Crippen molar-refractivity contribution >= 4 is 21.6 Å². The normalized spacial score (nSPS) is 11.4. The summed E-state index contributed by atoms with van der Waals surface area (Å²) in [5.74, 6) is 0.688. The summed E-state index contributed by atoms with van der Waals surface area (Å²) in [5, 5.41) is 0.535. The minimum Gasteiger partial charge on any atom is -0.494 e. The van der Waals surface area contributed by atoms with Gasteiger partial charge in [-0.05, 0) is 49.2 Å². The van der Waals surface area contributed by atoms with Crippen molar-refractivity contribution in [3.63, 3.8) is 0 Å². The summed E-state index contributed by atoms with van der Waals surface area (Å²) in [4.78, 5) is 0.209. The minimum atomic E-state index is -3.59. The van der Waals surface area contributed by atoms with Crippen LogP contribution in [0.5, 0.6) is 5.75 Å². The van der Waals surface area contributed by atoms with Crippen molar-refractivity contribution in [3.8, 4) is 5.75 Å². The predicted octanol–water partition coefficient (Wildman–Crippen LogP) is 3.53. The molecule has 0 radical (unpaired) electrons. The number of aryl methyl sites for hydroxylation is 1. The van der Waals surface area contributed by atoms with Crippen LogP contribution >= 0.6 is 11.6 Å². The van der Waals surface area contributed by atoms with Crippen molar-refractivity contribution in [3.05, 3.63) is 58.6 Å². The van der Waals surface area contributed by atoms with Crippen LogP contribution in [0.25, 0.3) is 0 Å². The van der Waals surface area contributed by atoms with E-state index in [0.717, 1.165) is 11.1 Å². The molecule has 22 heavy (non-hydrogen) atoms. The Balaban J connectivity index is 2.17. The average molecular weight is 340 g/mol. The summed E-state index contributed by atoms with van der Waals surface area (Å²) in [7, 11) is -3.59. The van der Waals surface area contributed by atoms with Crippen molar-refractivity contribution in [2.45, 2.75) is 25.3 Å². The highest BCUT2D eigenvalue weighted by atomic mass is 35.5. The van der Waals surface area contributed by atoms with E-state index >= 15 is 0 Å². The van der Waals surface area contributed by atoms with Crippen molar-refractivity contribution in [1.29, 1.82) is 0 Å². The SMILES string of the molecule is CCOc1ccc(S(=O)(=O)NCc2ccccc2Cl)cc1C. The minimum absolute atomic E-state index is 0.147. The first kappa shape index (κ1) is 16.8. The highest BCUT2D eigenvalue weighted by Crippen LogP contribution is 2.22. The number of nitrogens with one attached hydrogen (secondary N) is 1. The van der Waals surface area contributed by atoms with Crippen LogP contribution in [0.4, 0.5) is 0 Å². The van der Waals surface area contributed by atoms with E-state index in [1.54, 1.807) is 30.3 Å². The van der Waals surface area contributed by atoms with Gasteiger partial charge in [0.1, 0.15) is 5.75 Å². The second-order valence-corrected chi connectivity index (χ2v) is 6.95. The Labute approximate surface area is 136 Å². The van der Waals surface area contributed by atoms with Gasteiger partial charge in [0.15, 0.2) is 0 Å². The molecule has 0 heterocycles. The molecule has 0 spiro atoms. The molecule has 0 unspecified atom stereocenters. The molecule has 4 nitrogen and oxygen atoms in total. The molecule has 0 aliphatic carbocycles. The summed E-state index contributed by atoms with van der Waals surface area (Å²) in [5.41, 5.74) is 1.51. The Morgan fingerprint density at radius 2 is 1.91 bits per heavy atom. The highest BCUT2D eigenvalue weighted by Gasteiger charge is 2.15. The van der Waals surface area contributed by atoms with E-state index in [1.807, 2.05) is 19.9 Å². The molecule has 6 heteroatoms. The monoisotopic (exact) mass is 339 g/mol. The van der Waals surface area contributed by atoms with Gasteiger partial charge in [0.05, 0.1) is 11.5 Å². The van der Waals surface area contributed by atoms with E-state index in [1.165, 1.54) is 6.07 Å². The molecule has 0 fully saturated rings. The fourth-order valence-corrected chi connectivity index (χ4v) is 3.30. The first-order chi connectivity index (χ1) is 10.4. The first-order valence-electron chi connectivity index (χ1n) is 6.90. The fraction of sp³-hybridized carbons (Fsp3) is 0.250. The lowest BCUT2D eigenvalue weighted by molar-refractivity contribution is 0.337. The number of rotatable bonds is 6. The van der Waals surface area contributed by atoms with Gasteiger partial charge in [0, 0.05) is 11.6 Å². The van der Waals surface area contributed by atoms with E-state index in [2.05, 4.69) is 4.72 Å². The maximum Gasteiger partial charge on any atom is 0.240 e. The molecule has 0 amide bonds. The Morgan fingerprint density at radius 3 is 2.55 bits per heavy atom. The number of sulfonamides is 1. The quantitative estimate of drug-likeness (QED) is 0.876. The Hall–Kier alpha value is -1.56. The molecule has 2 aromatic carbocycles.